The minimum atomic E-state index is 0.0361. The van der Waals surface area contributed by atoms with E-state index in [1.165, 1.54) is 0 Å². The molecule has 3 heteroatoms. The lowest BCUT2D eigenvalue weighted by Gasteiger charge is -2.09. The number of carbonyl (C=O) groups excluding carboxylic acids is 1. The quantitative estimate of drug-likeness (QED) is 0.817. The molecule has 0 radical (unpaired) electrons. The van der Waals surface area contributed by atoms with E-state index in [0.29, 0.717) is 5.02 Å². The number of hydrogen-bond acceptors (Lipinski definition) is 1. The smallest absolute Gasteiger partial charge is 0.227 e. The largest absolute Gasteiger partial charge is 0.326 e. The molecule has 14 heavy (non-hydrogen) atoms. The zero-order chi connectivity index (χ0) is 10.6. The van der Waals surface area contributed by atoms with Gasteiger partial charge in [-0.2, -0.15) is 0 Å². The van der Waals surface area contributed by atoms with Crippen LogP contribution >= 0.6 is 11.6 Å². The van der Waals surface area contributed by atoms with Crippen LogP contribution in [0.25, 0.3) is 0 Å². The summed E-state index contributed by atoms with van der Waals surface area (Å²) < 4.78 is 0. The number of rotatable bonds is 3. The fraction of sp³-hybridized carbons (Fsp3) is 0.364. The Morgan fingerprint density at radius 3 is 2.86 bits per heavy atom. The highest BCUT2D eigenvalue weighted by Crippen LogP contribution is 2.16. The predicted octanol–water partition coefficient (Wildman–Crippen LogP) is 3.32. The normalized spacial score (nSPS) is 12.2. The van der Waals surface area contributed by atoms with Gasteiger partial charge in [-0.1, -0.05) is 31.5 Å². The topological polar surface area (TPSA) is 29.1 Å². The molecule has 0 spiro atoms. The summed E-state index contributed by atoms with van der Waals surface area (Å²) in [6.45, 7) is 3.89. The van der Waals surface area contributed by atoms with E-state index in [-0.39, 0.29) is 11.8 Å². The van der Waals surface area contributed by atoms with E-state index in [9.17, 15) is 4.79 Å². The standard InChI is InChI=1S/C11H14ClNO/c1-3-8(2)11(14)13-10-6-4-5-9(12)7-10/h4-8H,3H2,1-2H3,(H,13,14)/t8-/m0/s1. The monoisotopic (exact) mass is 211 g/mol. The Hall–Kier alpha value is -1.02. The van der Waals surface area contributed by atoms with Crippen molar-refractivity contribution in [3.05, 3.63) is 29.3 Å². The molecule has 0 aromatic heterocycles. The van der Waals surface area contributed by atoms with E-state index in [4.69, 9.17) is 11.6 Å². The summed E-state index contributed by atoms with van der Waals surface area (Å²) in [5.41, 5.74) is 0.753. The van der Waals surface area contributed by atoms with Crippen LogP contribution in [0.15, 0.2) is 24.3 Å². The molecule has 1 atom stereocenters. The van der Waals surface area contributed by atoms with Crippen molar-refractivity contribution in [3.8, 4) is 0 Å². The molecule has 0 saturated heterocycles. The van der Waals surface area contributed by atoms with Crippen molar-refractivity contribution in [2.24, 2.45) is 5.92 Å². The van der Waals surface area contributed by atoms with Crippen LogP contribution < -0.4 is 5.32 Å². The summed E-state index contributed by atoms with van der Waals surface area (Å²) in [5.74, 6) is 0.0729. The maximum Gasteiger partial charge on any atom is 0.227 e. The predicted molar refractivity (Wildman–Crippen MR) is 59.5 cm³/mol. The van der Waals surface area contributed by atoms with Crippen LogP contribution in [-0.4, -0.2) is 5.91 Å². The lowest BCUT2D eigenvalue weighted by atomic mass is 10.1. The van der Waals surface area contributed by atoms with Gasteiger partial charge in [-0.05, 0) is 24.6 Å². The molecule has 0 bridgehead atoms. The fourth-order valence-corrected chi connectivity index (χ4v) is 1.21. The highest BCUT2D eigenvalue weighted by Gasteiger charge is 2.09. The third-order valence-corrected chi connectivity index (χ3v) is 2.39. The van der Waals surface area contributed by atoms with Crippen molar-refractivity contribution < 1.29 is 4.79 Å². The molecule has 0 aliphatic rings. The fourth-order valence-electron chi connectivity index (χ4n) is 1.02. The van der Waals surface area contributed by atoms with Gasteiger partial charge in [0, 0.05) is 16.6 Å². The number of anilines is 1. The number of halogens is 1. The van der Waals surface area contributed by atoms with E-state index >= 15 is 0 Å². The highest BCUT2D eigenvalue weighted by atomic mass is 35.5. The Balaban J connectivity index is 2.65. The van der Waals surface area contributed by atoms with Gasteiger partial charge in [0.25, 0.3) is 0 Å². The van der Waals surface area contributed by atoms with Gasteiger partial charge in [-0.3, -0.25) is 4.79 Å². The highest BCUT2D eigenvalue weighted by molar-refractivity contribution is 6.30. The van der Waals surface area contributed by atoms with Gasteiger partial charge in [-0.15, -0.1) is 0 Å². The molecule has 1 aromatic carbocycles. The first-order valence-corrected chi connectivity index (χ1v) is 5.07. The zero-order valence-corrected chi connectivity index (χ0v) is 9.14. The third kappa shape index (κ3) is 3.04. The second-order valence-electron chi connectivity index (χ2n) is 3.31. The Morgan fingerprint density at radius 2 is 2.29 bits per heavy atom. The number of hydrogen-bond donors (Lipinski definition) is 1. The van der Waals surface area contributed by atoms with Crippen molar-refractivity contribution in [1.29, 1.82) is 0 Å². The van der Waals surface area contributed by atoms with Gasteiger partial charge in [0.05, 0.1) is 0 Å². The van der Waals surface area contributed by atoms with Crippen molar-refractivity contribution in [1.82, 2.24) is 0 Å². The van der Waals surface area contributed by atoms with Crippen LogP contribution in [0.4, 0.5) is 5.69 Å². The molecule has 1 rings (SSSR count). The molecular weight excluding hydrogens is 198 g/mol. The van der Waals surface area contributed by atoms with Crippen molar-refractivity contribution in [2.45, 2.75) is 20.3 Å². The maximum absolute atomic E-state index is 11.5. The second kappa shape index (κ2) is 5.01. The second-order valence-corrected chi connectivity index (χ2v) is 3.75. The first-order valence-electron chi connectivity index (χ1n) is 4.70. The molecule has 0 unspecified atom stereocenters. The van der Waals surface area contributed by atoms with Crippen molar-refractivity contribution >= 4 is 23.2 Å². The average molecular weight is 212 g/mol. The number of amides is 1. The maximum atomic E-state index is 11.5. The molecule has 76 valence electrons. The Bertz CT molecular complexity index is 325. The van der Waals surface area contributed by atoms with Gasteiger partial charge in [0.15, 0.2) is 0 Å². The molecule has 0 saturated carbocycles. The van der Waals surface area contributed by atoms with Crippen LogP contribution in [0.1, 0.15) is 20.3 Å². The molecule has 0 aliphatic carbocycles. The minimum Gasteiger partial charge on any atom is -0.326 e. The Labute approximate surface area is 89.3 Å². The van der Waals surface area contributed by atoms with Gasteiger partial charge in [0.2, 0.25) is 5.91 Å². The Kier molecular flexibility index (Phi) is 3.96. The zero-order valence-electron chi connectivity index (χ0n) is 8.38. The third-order valence-electron chi connectivity index (χ3n) is 2.15. The molecule has 0 aliphatic heterocycles. The van der Waals surface area contributed by atoms with Gasteiger partial charge in [0.1, 0.15) is 0 Å². The molecule has 2 nitrogen and oxygen atoms in total. The first-order chi connectivity index (χ1) is 6.63. The number of nitrogens with one attached hydrogen (secondary N) is 1. The van der Waals surface area contributed by atoms with Crippen LogP contribution in [0, 0.1) is 5.92 Å². The molecule has 1 N–H and O–H groups in total. The van der Waals surface area contributed by atoms with Gasteiger partial charge in [-0.25, -0.2) is 0 Å². The van der Waals surface area contributed by atoms with Crippen LogP contribution in [0.5, 0.6) is 0 Å². The van der Waals surface area contributed by atoms with Crippen LogP contribution in [0.3, 0.4) is 0 Å². The number of benzene rings is 1. The molecular formula is C11H14ClNO. The molecule has 0 heterocycles. The summed E-state index contributed by atoms with van der Waals surface area (Å²) >= 11 is 5.79. The van der Waals surface area contributed by atoms with E-state index in [1.807, 2.05) is 26.0 Å². The van der Waals surface area contributed by atoms with Crippen molar-refractivity contribution in [3.63, 3.8) is 0 Å². The summed E-state index contributed by atoms with van der Waals surface area (Å²) in [7, 11) is 0. The van der Waals surface area contributed by atoms with Gasteiger partial charge >= 0.3 is 0 Å². The summed E-state index contributed by atoms with van der Waals surface area (Å²) in [4.78, 5) is 11.5. The van der Waals surface area contributed by atoms with E-state index in [0.717, 1.165) is 12.1 Å². The minimum absolute atomic E-state index is 0.0361. The van der Waals surface area contributed by atoms with Crippen LogP contribution in [0.2, 0.25) is 5.02 Å². The lowest BCUT2D eigenvalue weighted by Crippen LogP contribution is -2.19. The molecule has 1 aromatic rings. The summed E-state index contributed by atoms with van der Waals surface area (Å²) in [5, 5.41) is 3.44. The average Bonchev–Trinajstić information content (AvgIpc) is 2.16. The van der Waals surface area contributed by atoms with Crippen molar-refractivity contribution in [2.75, 3.05) is 5.32 Å². The SMILES string of the molecule is CC[C@H](C)C(=O)Nc1cccc(Cl)c1. The van der Waals surface area contributed by atoms with E-state index in [1.54, 1.807) is 12.1 Å². The first kappa shape index (κ1) is 11.1. The van der Waals surface area contributed by atoms with E-state index < -0.39 is 0 Å². The van der Waals surface area contributed by atoms with E-state index in [2.05, 4.69) is 5.32 Å². The molecule has 0 fully saturated rings. The Morgan fingerprint density at radius 1 is 1.57 bits per heavy atom. The summed E-state index contributed by atoms with van der Waals surface area (Å²) in [6.07, 6.45) is 0.840. The summed E-state index contributed by atoms with van der Waals surface area (Å²) in [6, 6.07) is 7.16. The number of carbonyl (C=O) groups is 1. The van der Waals surface area contributed by atoms with Gasteiger partial charge < -0.3 is 5.32 Å². The molecule has 1 amide bonds. The lowest BCUT2D eigenvalue weighted by molar-refractivity contribution is -0.119. The van der Waals surface area contributed by atoms with Crippen LogP contribution in [-0.2, 0) is 4.79 Å².